The molecule has 0 N–H and O–H groups in total. The third-order valence-electron chi connectivity index (χ3n) is 3.48. The molecule has 0 bridgehead atoms. The van der Waals surface area contributed by atoms with Crippen LogP contribution in [0.4, 0.5) is 0 Å². The van der Waals surface area contributed by atoms with Gasteiger partial charge in [-0.05, 0) is 12.8 Å². The summed E-state index contributed by atoms with van der Waals surface area (Å²) in [5.74, 6) is -0.543. The van der Waals surface area contributed by atoms with Crippen LogP contribution in [-0.2, 0) is 9.53 Å². The number of hydrogen-bond donors (Lipinski definition) is 0. The van der Waals surface area contributed by atoms with E-state index in [1.165, 1.54) is 11.6 Å². The molecule has 0 saturated heterocycles. The SMILES string of the molecule is CCCOC(=O)C(CC)n1nnc(C(C)=O)c1-c1ccccc1. The molecule has 0 aliphatic carbocycles. The predicted molar refractivity (Wildman–Crippen MR) is 86.0 cm³/mol. The van der Waals surface area contributed by atoms with Gasteiger partial charge in [0.1, 0.15) is 5.69 Å². The number of aromatic nitrogens is 3. The van der Waals surface area contributed by atoms with Crippen molar-refractivity contribution in [1.29, 1.82) is 0 Å². The maximum Gasteiger partial charge on any atom is 0.331 e. The number of esters is 1. The van der Waals surface area contributed by atoms with Crippen molar-refractivity contribution in [3.63, 3.8) is 0 Å². The lowest BCUT2D eigenvalue weighted by Crippen LogP contribution is -2.23. The van der Waals surface area contributed by atoms with E-state index in [1.807, 2.05) is 44.2 Å². The van der Waals surface area contributed by atoms with E-state index in [-0.39, 0.29) is 17.4 Å². The molecule has 6 heteroatoms. The summed E-state index contributed by atoms with van der Waals surface area (Å²) in [7, 11) is 0. The summed E-state index contributed by atoms with van der Waals surface area (Å²) in [6.07, 6.45) is 1.26. The largest absolute Gasteiger partial charge is 0.464 e. The van der Waals surface area contributed by atoms with Gasteiger partial charge < -0.3 is 4.74 Å². The number of benzene rings is 1. The Morgan fingerprint density at radius 3 is 2.48 bits per heavy atom. The Balaban J connectivity index is 2.49. The molecule has 122 valence electrons. The fourth-order valence-electron chi connectivity index (χ4n) is 2.35. The summed E-state index contributed by atoms with van der Waals surface area (Å²) in [6, 6.07) is 8.76. The van der Waals surface area contributed by atoms with Crippen LogP contribution in [0.25, 0.3) is 11.3 Å². The van der Waals surface area contributed by atoms with E-state index in [2.05, 4.69) is 10.3 Å². The number of hydrogen-bond acceptors (Lipinski definition) is 5. The zero-order valence-corrected chi connectivity index (χ0v) is 13.7. The smallest absolute Gasteiger partial charge is 0.331 e. The Labute approximate surface area is 135 Å². The molecule has 0 aliphatic rings. The fourth-order valence-corrected chi connectivity index (χ4v) is 2.35. The molecular formula is C17H21N3O3. The lowest BCUT2D eigenvalue weighted by molar-refractivity contribution is -0.148. The van der Waals surface area contributed by atoms with Crippen molar-refractivity contribution in [3.8, 4) is 11.3 Å². The van der Waals surface area contributed by atoms with Crippen LogP contribution in [0.1, 0.15) is 50.1 Å². The van der Waals surface area contributed by atoms with Gasteiger partial charge in [0.15, 0.2) is 17.5 Å². The molecule has 2 aromatic rings. The Hall–Kier alpha value is -2.50. The quantitative estimate of drug-likeness (QED) is 0.580. The van der Waals surface area contributed by atoms with Gasteiger partial charge >= 0.3 is 5.97 Å². The van der Waals surface area contributed by atoms with Gasteiger partial charge in [-0.2, -0.15) is 0 Å². The van der Waals surface area contributed by atoms with Crippen molar-refractivity contribution >= 4 is 11.8 Å². The van der Waals surface area contributed by atoms with Gasteiger partial charge in [-0.1, -0.05) is 49.4 Å². The van der Waals surface area contributed by atoms with Gasteiger partial charge in [0, 0.05) is 12.5 Å². The van der Waals surface area contributed by atoms with Crippen LogP contribution in [0.15, 0.2) is 30.3 Å². The van der Waals surface area contributed by atoms with Crippen LogP contribution in [0.3, 0.4) is 0 Å². The molecular weight excluding hydrogens is 294 g/mol. The van der Waals surface area contributed by atoms with E-state index < -0.39 is 6.04 Å². The average Bonchev–Trinajstić information content (AvgIpc) is 2.99. The Kier molecular flexibility index (Phi) is 5.62. The van der Waals surface area contributed by atoms with Crippen LogP contribution in [-0.4, -0.2) is 33.4 Å². The summed E-state index contributed by atoms with van der Waals surface area (Å²) in [6.45, 7) is 5.62. The Morgan fingerprint density at radius 2 is 1.91 bits per heavy atom. The van der Waals surface area contributed by atoms with Gasteiger partial charge in [0.05, 0.1) is 6.61 Å². The number of ether oxygens (including phenoxy) is 1. The molecule has 0 spiro atoms. The third-order valence-corrected chi connectivity index (χ3v) is 3.48. The van der Waals surface area contributed by atoms with Crippen molar-refractivity contribution < 1.29 is 14.3 Å². The maximum absolute atomic E-state index is 12.3. The molecule has 6 nitrogen and oxygen atoms in total. The monoisotopic (exact) mass is 315 g/mol. The summed E-state index contributed by atoms with van der Waals surface area (Å²) >= 11 is 0. The molecule has 1 unspecified atom stereocenters. The Bertz CT molecular complexity index is 680. The topological polar surface area (TPSA) is 74.1 Å². The van der Waals surface area contributed by atoms with Crippen LogP contribution >= 0.6 is 0 Å². The summed E-state index contributed by atoms with van der Waals surface area (Å²) < 4.78 is 6.75. The van der Waals surface area contributed by atoms with Gasteiger partial charge in [-0.15, -0.1) is 5.10 Å². The van der Waals surface area contributed by atoms with Crippen molar-refractivity contribution in [1.82, 2.24) is 15.0 Å². The van der Waals surface area contributed by atoms with Crippen LogP contribution in [0.5, 0.6) is 0 Å². The van der Waals surface area contributed by atoms with Crippen LogP contribution < -0.4 is 0 Å². The first kappa shape index (κ1) is 16.9. The first-order chi connectivity index (χ1) is 11.1. The highest BCUT2D eigenvalue weighted by molar-refractivity contribution is 5.98. The minimum atomic E-state index is -0.600. The molecule has 23 heavy (non-hydrogen) atoms. The fraction of sp³-hybridized carbons (Fsp3) is 0.412. The van der Waals surface area contributed by atoms with Crippen molar-refractivity contribution in [2.45, 2.75) is 39.7 Å². The number of nitrogens with zero attached hydrogens (tertiary/aromatic N) is 3. The predicted octanol–water partition coefficient (Wildman–Crippen LogP) is 3.05. The molecule has 1 atom stereocenters. The van der Waals surface area contributed by atoms with Gasteiger partial charge in [0.2, 0.25) is 0 Å². The molecule has 2 rings (SSSR count). The molecule has 1 aromatic heterocycles. The highest BCUT2D eigenvalue weighted by atomic mass is 16.5. The van der Waals surface area contributed by atoms with Crippen LogP contribution in [0, 0.1) is 0 Å². The zero-order valence-electron chi connectivity index (χ0n) is 13.7. The number of carbonyl (C=O) groups excluding carboxylic acids is 2. The van der Waals surface area contributed by atoms with Crippen molar-refractivity contribution in [2.24, 2.45) is 0 Å². The summed E-state index contributed by atoms with van der Waals surface area (Å²) in [5, 5.41) is 8.04. The van der Waals surface area contributed by atoms with Crippen molar-refractivity contribution in [2.75, 3.05) is 6.61 Å². The van der Waals surface area contributed by atoms with E-state index >= 15 is 0 Å². The van der Waals surface area contributed by atoms with E-state index in [1.54, 1.807) is 0 Å². The second-order valence-corrected chi connectivity index (χ2v) is 5.24. The van der Waals surface area contributed by atoms with Gasteiger partial charge in [-0.3, -0.25) is 4.79 Å². The number of Topliss-reactive ketones (excluding diaryl/α,β-unsaturated/α-hetero) is 1. The second-order valence-electron chi connectivity index (χ2n) is 5.24. The van der Waals surface area contributed by atoms with E-state index in [0.29, 0.717) is 18.7 Å². The summed E-state index contributed by atoms with van der Waals surface area (Å²) in [5.41, 5.74) is 1.61. The number of rotatable bonds is 7. The average molecular weight is 315 g/mol. The van der Waals surface area contributed by atoms with E-state index in [0.717, 1.165) is 12.0 Å². The molecule has 1 aromatic carbocycles. The van der Waals surface area contributed by atoms with E-state index in [4.69, 9.17) is 4.74 Å². The van der Waals surface area contributed by atoms with Crippen molar-refractivity contribution in [3.05, 3.63) is 36.0 Å². The molecule has 0 saturated carbocycles. The highest BCUT2D eigenvalue weighted by Gasteiger charge is 2.28. The van der Waals surface area contributed by atoms with Gasteiger partial charge in [0.25, 0.3) is 0 Å². The lowest BCUT2D eigenvalue weighted by Gasteiger charge is -2.17. The normalized spacial score (nSPS) is 12.0. The number of ketones is 1. The first-order valence-electron chi connectivity index (χ1n) is 7.78. The zero-order chi connectivity index (χ0) is 16.8. The standard InChI is InChI=1S/C17H21N3O3/c1-4-11-23-17(22)14(5-2)20-16(13-9-7-6-8-10-13)15(12(3)21)18-19-20/h6-10,14H,4-5,11H2,1-3H3. The van der Waals surface area contributed by atoms with Gasteiger partial charge in [-0.25, -0.2) is 9.48 Å². The molecule has 0 amide bonds. The molecule has 0 aliphatic heterocycles. The highest BCUT2D eigenvalue weighted by Crippen LogP contribution is 2.27. The van der Waals surface area contributed by atoms with E-state index in [9.17, 15) is 9.59 Å². The second kappa shape index (κ2) is 7.67. The first-order valence-corrected chi connectivity index (χ1v) is 7.78. The lowest BCUT2D eigenvalue weighted by atomic mass is 10.1. The molecule has 0 fully saturated rings. The van der Waals surface area contributed by atoms with Crippen LogP contribution in [0.2, 0.25) is 0 Å². The minimum absolute atomic E-state index is 0.188. The third kappa shape index (κ3) is 3.64. The number of carbonyl (C=O) groups is 2. The minimum Gasteiger partial charge on any atom is -0.464 e. The molecule has 1 heterocycles. The maximum atomic E-state index is 12.3. The summed E-state index contributed by atoms with van der Waals surface area (Å²) in [4.78, 5) is 24.2. The Morgan fingerprint density at radius 1 is 1.22 bits per heavy atom. The molecule has 0 radical (unpaired) electrons.